The summed E-state index contributed by atoms with van der Waals surface area (Å²) in [6.45, 7) is 0. The second kappa shape index (κ2) is 19.1. The summed E-state index contributed by atoms with van der Waals surface area (Å²) in [4.78, 5) is 78.9. The molecule has 8 aromatic rings. The lowest BCUT2D eigenvalue weighted by molar-refractivity contribution is -0.137. The molecule has 4 aromatic heterocycles. The van der Waals surface area contributed by atoms with E-state index in [0.29, 0.717) is 22.2 Å². The van der Waals surface area contributed by atoms with Gasteiger partial charge >= 0.3 is 0 Å². The van der Waals surface area contributed by atoms with Crippen molar-refractivity contribution >= 4 is 51.6 Å². The molecule has 16 heteroatoms. The number of fused-ring (bicyclic) bond motifs is 2. The molecule has 0 fully saturated rings. The van der Waals surface area contributed by atoms with Crippen LogP contribution in [0.5, 0.6) is 0 Å². The van der Waals surface area contributed by atoms with E-state index in [1.54, 1.807) is 72.8 Å². The summed E-state index contributed by atoms with van der Waals surface area (Å²) in [6.07, 6.45) is 1.81. The summed E-state index contributed by atoms with van der Waals surface area (Å²) in [5, 5.41) is 15.6. The Labute approximate surface area is 353 Å². The predicted octanol–water partition coefficient (Wildman–Crippen LogP) is 4.36. The predicted molar refractivity (Wildman–Crippen MR) is 227 cm³/mol. The molecule has 4 heterocycles. The first-order chi connectivity index (χ1) is 30.0. The molecule has 0 saturated carbocycles. The Morgan fingerprint density at radius 2 is 1.02 bits per heavy atom. The normalized spacial score (nSPS) is 12.3. The molecule has 0 spiro atoms. The van der Waals surface area contributed by atoms with Gasteiger partial charge in [0.1, 0.15) is 28.5 Å². The summed E-state index contributed by atoms with van der Waals surface area (Å²) < 4.78 is 11.5. The van der Waals surface area contributed by atoms with Crippen molar-refractivity contribution in [2.24, 2.45) is 11.5 Å². The summed E-state index contributed by atoms with van der Waals surface area (Å²) in [6, 6.07) is 36.9. The highest BCUT2D eigenvalue weighted by molar-refractivity contribution is 6.38. The molecular formula is C46H38N8O8. The fourth-order valence-electron chi connectivity index (χ4n) is 6.49. The number of ketones is 1. The van der Waals surface area contributed by atoms with Gasteiger partial charge in [0.05, 0.1) is 17.2 Å². The minimum absolute atomic E-state index is 0.118. The van der Waals surface area contributed by atoms with Crippen LogP contribution in [0, 0.1) is 0 Å². The van der Waals surface area contributed by atoms with Crippen LogP contribution >= 0.6 is 0 Å². The number of aliphatic hydroxyl groups excluding tert-OH is 1. The van der Waals surface area contributed by atoms with Crippen molar-refractivity contribution in [3.8, 4) is 23.2 Å². The molecule has 0 bridgehead atoms. The van der Waals surface area contributed by atoms with E-state index < -0.39 is 47.6 Å². The van der Waals surface area contributed by atoms with E-state index in [0.717, 1.165) is 11.1 Å². The van der Waals surface area contributed by atoms with Gasteiger partial charge in [0.2, 0.25) is 23.5 Å². The summed E-state index contributed by atoms with van der Waals surface area (Å²) in [5.74, 6) is -3.69. The molecule has 0 aliphatic heterocycles. The van der Waals surface area contributed by atoms with Gasteiger partial charge in [-0.3, -0.25) is 33.9 Å². The molecule has 0 aliphatic rings. The highest BCUT2D eigenvalue weighted by atomic mass is 16.4. The first-order valence-corrected chi connectivity index (χ1v) is 19.2. The maximum atomic E-state index is 13.1. The van der Waals surface area contributed by atoms with Crippen LogP contribution in [0.4, 0.5) is 0 Å². The number of aromatic nitrogens is 4. The second-order valence-electron chi connectivity index (χ2n) is 13.8. The SMILES string of the molecule is NC(=O)C(=O)C(Cc1ccccc1)NC(=O)c1cccnc1-c1nc2ccccc2o1.NC(=O)C(O)C(Cc1ccccc1)NC(=O)c1cccnc1-c1nc2ccccc2o1. The van der Waals surface area contributed by atoms with Crippen LogP contribution in [-0.4, -0.2) is 72.6 Å². The largest absolute Gasteiger partial charge is 0.435 e. The fourth-order valence-corrected chi connectivity index (χ4v) is 6.49. The number of carbonyl (C=O) groups excluding carboxylic acids is 5. The van der Waals surface area contributed by atoms with Crippen molar-refractivity contribution < 1.29 is 37.9 Å². The monoisotopic (exact) mass is 830 g/mol. The average molecular weight is 831 g/mol. The number of carbonyl (C=O) groups is 5. The lowest BCUT2D eigenvalue weighted by Crippen LogP contribution is -2.50. The van der Waals surface area contributed by atoms with Gasteiger partial charge in [0.25, 0.3) is 17.7 Å². The standard InChI is InChI=1S/C23H20N4O4.C23H18N4O4/c2*24-21(29)20(28)17(13-14-7-2-1-3-8-14)26-22(30)15-9-6-12-25-19(15)23-27-16-10-4-5-11-18(16)31-23/h1-12,17,20,28H,13H2,(H2,24,29)(H,26,30);1-12,17H,13H2,(H2,24,29)(H,26,30). The smallest absolute Gasteiger partial charge is 0.287 e. The maximum Gasteiger partial charge on any atom is 0.287 e. The van der Waals surface area contributed by atoms with E-state index in [1.807, 2.05) is 60.7 Å². The molecule has 4 amide bonds. The number of nitrogens with zero attached hydrogens (tertiary/aromatic N) is 4. The van der Waals surface area contributed by atoms with E-state index in [-0.39, 0.29) is 47.1 Å². The van der Waals surface area contributed by atoms with Crippen LogP contribution in [-0.2, 0) is 27.2 Å². The molecule has 3 atom stereocenters. The third-order valence-corrected chi connectivity index (χ3v) is 9.53. The van der Waals surface area contributed by atoms with Gasteiger partial charge in [-0.05, 0) is 66.1 Å². The number of amides is 4. The number of aliphatic hydroxyl groups is 1. The second-order valence-corrected chi connectivity index (χ2v) is 13.8. The summed E-state index contributed by atoms with van der Waals surface area (Å²) in [7, 11) is 0. The molecule has 4 aromatic carbocycles. The number of oxazole rings is 2. The Balaban J connectivity index is 0.000000186. The Kier molecular flexibility index (Phi) is 12.9. The topological polar surface area (TPSA) is 260 Å². The molecule has 0 saturated heterocycles. The molecule has 8 rings (SSSR count). The third-order valence-electron chi connectivity index (χ3n) is 9.53. The van der Waals surface area contributed by atoms with Crippen LogP contribution < -0.4 is 22.1 Å². The Hall–Kier alpha value is -8.37. The van der Waals surface area contributed by atoms with E-state index in [1.165, 1.54) is 12.4 Å². The number of pyridine rings is 2. The van der Waals surface area contributed by atoms with Crippen molar-refractivity contribution in [3.63, 3.8) is 0 Å². The van der Waals surface area contributed by atoms with Crippen LogP contribution in [0.25, 0.3) is 45.4 Å². The third kappa shape index (κ3) is 9.90. The van der Waals surface area contributed by atoms with E-state index in [2.05, 4.69) is 30.6 Å². The minimum Gasteiger partial charge on any atom is -0.435 e. The first kappa shape index (κ1) is 41.8. The van der Waals surface area contributed by atoms with Crippen molar-refractivity contribution in [3.05, 3.63) is 168 Å². The molecule has 3 unspecified atom stereocenters. The zero-order valence-electron chi connectivity index (χ0n) is 32.8. The Morgan fingerprint density at radius 3 is 1.48 bits per heavy atom. The number of nitrogens with one attached hydrogen (secondary N) is 2. The van der Waals surface area contributed by atoms with Crippen LogP contribution in [0.15, 0.2) is 155 Å². The maximum absolute atomic E-state index is 13.1. The molecule has 0 radical (unpaired) electrons. The highest BCUT2D eigenvalue weighted by Crippen LogP contribution is 2.27. The van der Waals surface area contributed by atoms with Gasteiger partial charge in [0.15, 0.2) is 17.3 Å². The Bertz CT molecular complexity index is 2820. The van der Waals surface area contributed by atoms with Crippen LogP contribution in [0.1, 0.15) is 31.8 Å². The number of benzene rings is 4. The van der Waals surface area contributed by atoms with Gasteiger partial charge < -0.3 is 36.0 Å². The molecule has 16 nitrogen and oxygen atoms in total. The Morgan fingerprint density at radius 1 is 0.565 bits per heavy atom. The number of hydrogen-bond donors (Lipinski definition) is 5. The number of para-hydroxylation sites is 4. The number of rotatable bonds is 14. The zero-order valence-corrected chi connectivity index (χ0v) is 32.8. The minimum atomic E-state index is -1.56. The van der Waals surface area contributed by atoms with Gasteiger partial charge in [-0.1, -0.05) is 84.9 Å². The average Bonchev–Trinajstić information content (AvgIpc) is 3.94. The van der Waals surface area contributed by atoms with Gasteiger partial charge in [-0.15, -0.1) is 0 Å². The summed E-state index contributed by atoms with van der Waals surface area (Å²) >= 11 is 0. The van der Waals surface area contributed by atoms with Crippen molar-refractivity contribution in [1.29, 1.82) is 0 Å². The van der Waals surface area contributed by atoms with Gasteiger partial charge in [0, 0.05) is 18.8 Å². The summed E-state index contributed by atoms with van der Waals surface area (Å²) in [5.41, 5.74) is 15.3. The lowest BCUT2D eigenvalue weighted by atomic mass is 10.00. The van der Waals surface area contributed by atoms with Crippen molar-refractivity contribution in [2.75, 3.05) is 0 Å². The first-order valence-electron chi connectivity index (χ1n) is 19.2. The van der Waals surface area contributed by atoms with Crippen LogP contribution in [0.2, 0.25) is 0 Å². The highest BCUT2D eigenvalue weighted by Gasteiger charge is 2.30. The zero-order chi connectivity index (χ0) is 43.6. The number of primary amides is 2. The number of Topliss-reactive ketones (excluding diaryl/α,β-unsaturated/α-hetero) is 1. The quantitative estimate of drug-likeness (QED) is 0.0958. The fraction of sp³-hybridized carbons (Fsp3) is 0.109. The van der Waals surface area contributed by atoms with E-state index in [4.69, 9.17) is 20.3 Å². The lowest BCUT2D eigenvalue weighted by Gasteiger charge is -2.22. The number of hydrogen-bond acceptors (Lipinski definition) is 12. The van der Waals surface area contributed by atoms with Crippen molar-refractivity contribution in [2.45, 2.75) is 31.0 Å². The molecule has 62 heavy (non-hydrogen) atoms. The van der Waals surface area contributed by atoms with E-state index in [9.17, 15) is 29.1 Å². The number of nitrogens with two attached hydrogens (primary N) is 2. The van der Waals surface area contributed by atoms with E-state index >= 15 is 0 Å². The molecule has 310 valence electrons. The molecule has 0 aliphatic carbocycles. The molecular weight excluding hydrogens is 793 g/mol. The van der Waals surface area contributed by atoms with Gasteiger partial charge in [-0.25, -0.2) is 9.97 Å². The van der Waals surface area contributed by atoms with Gasteiger partial charge in [-0.2, -0.15) is 0 Å². The molecule has 7 N–H and O–H groups in total. The van der Waals surface area contributed by atoms with Crippen molar-refractivity contribution in [1.82, 2.24) is 30.6 Å². The van der Waals surface area contributed by atoms with Crippen LogP contribution in [0.3, 0.4) is 0 Å².